The Bertz CT molecular complexity index is 502. The molecule has 0 radical (unpaired) electrons. The van der Waals surface area contributed by atoms with Crippen molar-refractivity contribution in [3.8, 4) is 0 Å². The first-order valence-corrected chi connectivity index (χ1v) is 7.11. The van der Waals surface area contributed by atoms with Gasteiger partial charge < -0.3 is 21.1 Å². The second-order valence-electron chi connectivity index (χ2n) is 5.36. The molecule has 4 N–H and O–H groups in total. The monoisotopic (exact) mass is 290 g/mol. The molecule has 2 unspecified atom stereocenters. The molecule has 6 nitrogen and oxygen atoms in total. The van der Waals surface area contributed by atoms with Gasteiger partial charge in [0.25, 0.3) is 0 Å². The number of amides is 1. The van der Waals surface area contributed by atoms with Crippen LogP contribution in [0.5, 0.6) is 0 Å². The van der Waals surface area contributed by atoms with E-state index in [1.165, 1.54) is 0 Å². The highest BCUT2D eigenvalue weighted by molar-refractivity contribution is 5.89. The maximum Gasteiger partial charge on any atom is 0.437 e. The lowest BCUT2D eigenvalue weighted by Crippen LogP contribution is -2.38. The molecule has 0 aromatic heterocycles. The third-order valence-corrected chi connectivity index (χ3v) is 3.70. The van der Waals surface area contributed by atoms with E-state index in [-0.39, 0.29) is 18.6 Å². The van der Waals surface area contributed by atoms with E-state index >= 15 is 0 Å². The Hall–Kier alpha value is -2.08. The molecule has 6 heteroatoms. The fraction of sp³-hybridized carbons (Fsp3) is 0.467. The zero-order valence-corrected chi connectivity index (χ0v) is 12.2. The van der Waals surface area contributed by atoms with Gasteiger partial charge in [-0.25, -0.2) is 4.79 Å². The SMILES string of the molecule is CC(N)C1CCN(/C(N)=N/C(=O)OCc2ccccc2)C1. The number of aliphatic imine (C=N–C) groups is 1. The summed E-state index contributed by atoms with van der Waals surface area (Å²) >= 11 is 0. The molecular weight excluding hydrogens is 268 g/mol. The Balaban J connectivity index is 1.83. The van der Waals surface area contributed by atoms with E-state index in [1.807, 2.05) is 42.2 Å². The lowest BCUT2D eigenvalue weighted by Gasteiger charge is -2.18. The molecule has 0 spiro atoms. The van der Waals surface area contributed by atoms with E-state index in [4.69, 9.17) is 16.2 Å². The van der Waals surface area contributed by atoms with Crippen molar-refractivity contribution in [2.45, 2.75) is 26.0 Å². The van der Waals surface area contributed by atoms with Crippen LogP contribution in [0.3, 0.4) is 0 Å². The number of hydrogen-bond acceptors (Lipinski definition) is 3. The number of benzene rings is 1. The normalized spacial score (nSPS) is 20.4. The van der Waals surface area contributed by atoms with Crippen LogP contribution in [0.2, 0.25) is 0 Å². The average Bonchev–Trinajstić information content (AvgIpc) is 2.96. The number of guanidine groups is 1. The predicted molar refractivity (Wildman–Crippen MR) is 81.6 cm³/mol. The summed E-state index contributed by atoms with van der Waals surface area (Å²) in [5.41, 5.74) is 12.6. The minimum absolute atomic E-state index is 0.118. The van der Waals surface area contributed by atoms with E-state index in [9.17, 15) is 4.79 Å². The Kier molecular flexibility index (Phi) is 5.16. The highest BCUT2D eigenvalue weighted by atomic mass is 16.5. The Morgan fingerprint density at radius 2 is 2.19 bits per heavy atom. The lowest BCUT2D eigenvalue weighted by molar-refractivity contribution is 0.150. The molecule has 1 amide bonds. The summed E-state index contributed by atoms with van der Waals surface area (Å²) in [7, 11) is 0. The number of ether oxygens (including phenoxy) is 1. The molecule has 2 atom stereocenters. The Morgan fingerprint density at radius 3 is 2.81 bits per heavy atom. The number of nitrogens with zero attached hydrogens (tertiary/aromatic N) is 2. The van der Waals surface area contributed by atoms with Gasteiger partial charge in [-0.15, -0.1) is 4.99 Å². The van der Waals surface area contributed by atoms with Crippen molar-refractivity contribution in [1.29, 1.82) is 0 Å². The van der Waals surface area contributed by atoms with Crippen LogP contribution >= 0.6 is 0 Å². The lowest BCUT2D eigenvalue weighted by atomic mass is 10.0. The molecule has 0 aliphatic carbocycles. The average molecular weight is 290 g/mol. The van der Waals surface area contributed by atoms with Gasteiger partial charge in [-0.05, 0) is 24.8 Å². The van der Waals surface area contributed by atoms with Crippen LogP contribution in [0.15, 0.2) is 35.3 Å². The third kappa shape index (κ3) is 4.46. The molecule has 114 valence electrons. The fourth-order valence-electron chi connectivity index (χ4n) is 2.34. The van der Waals surface area contributed by atoms with Gasteiger partial charge in [0.15, 0.2) is 0 Å². The second kappa shape index (κ2) is 7.08. The van der Waals surface area contributed by atoms with Crippen LogP contribution in [-0.2, 0) is 11.3 Å². The predicted octanol–water partition coefficient (Wildman–Crippen LogP) is 1.31. The van der Waals surface area contributed by atoms with E-state index in [0.717, 1.165) is 25.1 Å². The van der Waals surface area contributed by atoms with Crippen molar-refractivity contribution in [1.82, 2.24) is 4.90 Å². The van der Waals surface area contributed by atoms with Crippen LogP contribution < -0.4 is 11.5 Å². The van der Waals surface area contributed by atoms with Crippen molar-refractivity contribution < 1.29 is 9.53 Å². The molecule has 1 aromatic rings. The summed E-state index contributed by atoms with van der Waals surface area (Å²) in [5, 5.41) is 0. The van der Waals surface area contributed by atoms with Gasteiger partial charge in [-0.1, -0.05) is 30.3 Å². The van der Waals surface area contributed by atoms with E-state index in [0.29, 0.717) is 5.92 Å². The molecule has 0 bridgehead atoms. The van der Waals surface area contributed by atoms with Crippen molar-refractivity contribution in [3.05, 3.63) is 35.9 Å². The molecule has 1 aliphatic heterocycles. The summed E-state index contributed by atoms with van der Waals surface area (Å²) in [6, 6.07) is 9.57. The molecule has 1 saturated heterocycles. The largest absolute Gasteiger partial charge is 0.443 e. The fourth-order valence-corrected chi connectivity index (χ4v) is 2.34. The molecule has 0 saturated carbocycles. The maximum absolute atomic E-state index is 11.7. The van der Waals surface area contributed by atoms with Crippen molar-refractivity contribution in [2.75, 3.05) is 13.1 Å². The van der Waals surface area contributed by atoms with Gasteiger partial charge in [-0.3, -0.25) is 0 Å². The summed E-state index contributed by atoms with van der Waals surface area (Å²) in [5.74, 6) is 0.593. The molecule has 1 fully saturated rings. The van der Waals surface area contributed by atoms with E-state index in [2.05, 4.69) is 4.99 Å². The number of nitrogens with two attached hydrogens (primary N) is 2. The zero-order chi connectivity index (χ0) is 15.2. The number of carbonyl (C=O) groups excluding carboxylic acids is 1. The van der Waals surface area contributed by atoms with Crippen LogP contribution in [-0.4, -0.2) is 36.1 Å². The minimum Gasteiger partial charge on any atom is -0.443 e. The number of rotatable bonds is 3. The van der Waals surface area contributed by atoms with Crippen molar-refractivity contribution >= 4 is 12.1 Å². The van der Waals surface area contributed by atoms with Crippen LogP contribution in [0.1, 0.15) is 18.9 Å². The molecule has 1 aliphatic rings. The van der Waals surface area contributed by atoms with E-state index in [1.54, 1.807) is 0 Å². The van der Waals surface area contributed by atoms with Gasteiger partial charge in [0.1, 0.15) is 6.61 Å². The number of likely N-dealkylation sites (tertiary alicyclic amines) is 1. The maximum atomic E-state index is 11.7. The van der Waals surface area contributed by atoms with Crippen molar-refractivity contribution in [2.24, 2.45) is 22.4 Å². The van der Waals surface area contributed by atoms with Gasteiger partial charge >= 0.3 is 6.09 Å². The molecule has 2 rings (SSSR count). The van der Waals surface area contributed by atoms with Crippen molar-refractivity contribution in [3.63, 3.8) is 0 Å². The highest BCUT2D eigenvalue weighted by Crippen LogP contribution is 2.18. The smallest absolute Gasteiger partial charge is 0.437 e. The quantitative estimate of drug-likeness (QED) is 0.646. The van der Waals surface area contributed by atoms with Crippen LogP contribution in [0, 0.1) is 5.92 Å². The highest BCUT2D eigenvalue weighted by Gasteiger charge is 2.26. The van der Waals surface area contributed by atoms with Gasteiger partial charge in [-0.2, -0.15) is 0 Å². The minimum atomic E-state index is -0.666. The summed E-state index contributed by atoms with van der Waals surface area (Å²) in [6.45, 7) is 3.68. The first kappa shape index (κ1) is 15.3. The molecule has 1 aromatic carbocycles. The molecular formula is C15H22N4O2. The first-order valence-electron chi connectivity index (χ1n) is 7.11. The second-order valence-corrected chi connectivity index (χ2v) is 5.36. The number of hydrogen-bond donors (Lipinski definition) is 2. The topological polar surface area (TPSA) is 93.9 Å². The number of carbonyl (C=O) groups is 1. The van der Waals surface area contributed by atoms with Gasteiger partial charge in [0, 0.05) is 19.1 Å². The first-order chi connectivity index (χ1) is 10.1. The Labute approximate surface area is 124 Å². The zero-order valence-electron chi connectivity index (χ0n) is 12.2. The summed E-state index contributed by atoms with van der Waals surface area (Å²) in [6.07, 6.45) is 0.299. The molecule has 21 heavy (non-hydrogen) atoms. The van der Waals surface area contributed by atoms with Crippen LogP contribution in [0.4, 0.5) is 4.79 Å². The van der Waals surface area contributed by atoms with Gasteiger partial charge in [0.05, 0.1) is 0 Å². The molecule has 1 heterocycles. The summed E-state index contributed by atoms with van der Waals surface area (Å²) in [4.78, 5) is 17.3. The van der Waals surface area contributed by atoms with Gasteiger partial charge in [0.2, 0.25) is 5.96 Å². The van der Waals surface area contributed by atoms with Crippen LogP contribution in [0.25, 0.3) is 0 Å². The standard InChI is InChI=1S/C15H22N4O2/c1-11(16)13-7-8-19(9-13)14(17)18-15(20)21-10-12-5-3-2-4-6-12/h2-6,11,13H,7-10,16H2,1H3,(H2,17,18,20). The third-order valence-electron chi connectivity index (χ3n) is 3.70. The Morgan fingerprint density at radius 1 is 1.48 bits per heavy atom. The van der Waals surface area contributed by atoms with E-state index < -0.39 is 6.09 Å². The summed E-state index contributed by atoms with van der Waals surface area (Å²) < 4.78 is 5.07.